The van der Waals surface area contributed by atoms with Crippen LogP contribution >= 0.6 is 0 Å². The van der Waals surface area contributed by atoms with Crippen LogP contribution in [0, 0.1) is 25.9 Å². The molecule has 0 bridgehead atoms. The van der Waals surface area contributed by atoms with E-state index >= 15 is 0 Å². The minimum atomic E-state index is -0.135. The van der Waals surface area contributed by atoms with E-state index < -0.39 is 0 Å². The molecule has 0 heterocycles. The summed E-state index contributed by atoms with van der Waals surface area (Å²) in [5.74, 6) is 0.0396. The fraction of sp³-hybridized carbons (Fsp3) is 0.286. The van der Waals surface area contributed by atoms with Crippen molar-refractivity contribution in [2.75, 3.05) is 6.61 Å². The third-order valence-electron chi connectivity index (χ3n) is 1.76. The summed E-state index contributed by atoms with van der Waals surface area (Å²) in [6, 6.07) is 0. The number of rotatable bonds is 3. The van der Waals surface area contributed by atoms with Crippen LogP contribution in [-0.2, 0) is 40.8 Å². The SMILES string of the molecule is CCOC(=O)CC1C=CC=CC=C1.[C-]#[O+].[C-]#[O+].[C-]#[O+].[Cr]. The maximum atomic E-state index is 11.1. The van der Waals surface area contributed by atoms with Gasteiger partial charge in [-0.2, -0.15) is 0 Å². The predicted molar refractivity (Wildman–Crippen MR) is 63.9 cm³/mol. The second-order valence-corrected chi connectivity index (χ2v) is 2.83. The number of hydrogen-bond acceptors (Lipinski definition) is 2. The molecule has 20 heavy (non-hydrogen) atoms. The molecule has 1 rings (SSSR count). The van der Waals surface area contributed by atoms with Gasteiger partial charge in [-0.05, 0) is 6.92 Å². The molecular formula is C14H14CrO5. The maximum Gasteiger partial charge on any atom is 0 e. The van der Waals surface area contributed by atoms with Crippen molar-refractivity contribution in [3.05, 3.63) is 56.4 Å². The summed E-state index contributed by atoms with van der Waals surface area (Å²) in [7, 11) is 0. The van der Waals surface area contributed by atoms with Crippen LogP contribution in [0.5, 0.6) is 0 Å². The van der Waals surface area contributed by atoms with Crippen LogP contribution in [-0.4, -0.2) is 12.6 Å². The fourth-order valence-corrected chi connectivity index (χ4v) is 1.15. The summed E-state index contributed by atoms with van der Waals surface area (Å²) in [6.07, 6.45) is 12.2. The first-order valence-electron chi connectivity index (χ1n) is 5.11. The summed E-state index contributed by atoms with van der Waals surface area (Å²) in [6.45, 7) is 15.8. The quantitative estimate of drug-likeness (QED) is 0.454. The van der Waals surface area contributed by atoms with Gasteiger partial charge in [0.15, 0.2) is 0 Å². The smallest absolute Gasteiger partial charge is 0 e. The van der Waals surface area contributed by atoms with Gasteiger partial charge in [0.2, 0.25) is 0 Å². The van der Waals surface area contributed by atoms with Crippen LogP contribution in [0.2, 0.25) is 0 Å². The van der Waals surface area contributed by atoms with E-state index in [0.29, 0.717) is 13.0 Å². The van der Waals surface area contributed by atoms with Crippen molar-refractivity contribution >= 4 is 5.97 Å². The molecule has 0 aromatic rings. The molecule has 0 amide bonds. The van der Waals surface area contributed by atoms with Gasteiger partial charge in [0, 0.05) is 23.3 Å². The van der Waals surface area contributed by atoms with Gasteiger partial charge in [0.1, 0.15) is 0 Å². The second kappa shape index (κ2) is 26.1. The zero-order chi connectivity index (χ0) is 15.5. The number of allylic oxidation sites excluding steroid dienone is 6. The number of carbonyl (C=O) groups excluding carboxylic acids is 1. The van der Waals surface area contributed by atoms with Crippen LogP contribution in [0.25, 0.3) is 0 Å². The van der Waals surface area contributed by atoms with E-state index in [9.17, 15) is 4.79 Å². The number of esters is 1. The van der Waals surface area contributed by atoms with Crippen LogP contribution in [0.1, 0.15) is 13.3 Å². The minimum Gasteiger partial charge on any atom is 0 e. The summed E-state index contributed by atoms with van der Waals surface area (Å²) in [4.78, 5) is 11.1. The molecule has 0 atom stereocenters. The zero-order valence-corrected chi connectivity index (χ0v) is 12.2. The Bertz CT molecular complexity index is 333. The van der Waals surface area contributed by atoms with Crippen molar-refractivity contribution in [1.29, 1.82) is 0 Å². The molecule has 0 N–H and O–H groups in total. The monoisotopic (exact) mass is 314 g/mol. The third kappa shape index (κ3) is 18.8. The molecule has 0 radical (unpaired) electrons. The van der Waals surface area contributed by atoms with E-state index in [4.69, 9.17) is 18.7 Å². The standard InChI is InChI=1S/C11H14O2.3CO.Cr/c1-2-13-11(12)9-10-7-5-3-4-6-8-10;3*1-2;/h3-8,10H,2,9H2,1H3;;;;. The first-order chi connectivity index (χ1) is 9.33. The second-order valence-electron chi connectivity index (χ2n) is 2.83. The van der Waals surface area contributed by atoms with E-state index in [1.165, 1.54) is 0 Å². The third-order valence-corrected chi connectivity index (χ3v) is 1.76. The molecular weight excluding hydrogens is 300 g/mol. The van der Waals surface area contributed by atoms with Gasteiger partial charge < -0.3 is 4.74 Å². The van der Waals surface area contributed by atoms with Crippen LogP contribution in [0.15, 0.2) is 36.5 Å². The van der Waals surface area contributed by atoms with Gasteiger partial charge >= 0.3 is 39.9 Å². The maximum absolute atomic E-state index is 11.1. The molecule has 0 unspecified atom stereocenters. The molecule has 1 aliphatic rings. The molecule has 5 nitrogen and oxygen atoms in total. The minimum absolute atomic E-state index is 0. The average molecular weight is 314 g/mol. The van der Waals surface area contributed by atoms with Crippen LogP contribution in [0.4, 0.5) is 0 Å². The van der Waals surface area contributed by atoms with Crippen molar-refractivity contribution < 1.29 is 40.8 Å². The Labute approximate surface area is 129 Å². The van der Waals surface area contributed by atoms with Gasteiger partial charge in [-0.25, -0.2) is 0 Å². The average Bonchev–Trinajstić information content (AvgIpc) is 2.74. The molecule has 0 saturated carbocycles. The molecule has 0 fully saturated rings. The van der Waals surface area contributed by atoms with Crippen molar-refractivity contribution in [3.8, 4) is 0 Å². The van der Waals surface area contributed by atoms with Crippen molar-refractivity contribution in [2.24, 2.45) is 5.92 Å². The Morgan fingerprint density at radius 1 is 1.00 bits per heavy atom. The molecule has 106 valence electrons. The summed E-state index contributed by atoms with van der Waals surface area (Å²) in [5.41, 5.74) is 0. The zero-order valence-electron chi connectivity index (χ0n) is 10.9. The fourth-order valence-electron chi connectivity index (χ4n) is 1.15. The molecule has 0 aromatic heterocycles. The molecule has 0 aromatic carbocycles. The topological polar surface area (TPSA) is 86.0 Å². The van der Waals surface area contributed by atoms with Gasteiger partial charge in [0.05, 0.1) is 13.0 Å². The van der Waals surface area contributed by atoms with Gasteiger partial charge in [-0.15, -0.1) is 0 Å². The van der Waals surface area contributed by atoms with E-state index in [0.717, 1.165) is 0 Å². The largest absolute Gasteiger partial charge is 0 e. The van der Waals surface area contributed by atoms with Gasteiger partial charge in [-0.3, -0.25) is 4.79 Å². The number of ether oxygens (including phenoxy) is 1. The van der Waals surface area contributed by atoms with E-state index in [1.54, 1.807) is 0 Å². The van der Waals surface area contributed by atoms with Gasteiger partial charge in [-0.1, -0.05) is 36.5 Å². The number of carbonyl (C=O) groups is 1. The van der Waals surface area contributed by atoms with Crippen molar-refractivity contribution in [3.63, 3.8) is 0 Å². The summed E-state index contributed by atoms with van der Waals surface area (Å²) < 4.78 is 27.4. The Kier molecular flexibility index (Phi) is 35.1. The van der Waals surface area contributed by atoms with Crippen molar-refractivity contribution in [1.82, 2.24) is 0 Å². The molecule has 1 aliphatic carbocycles. The Hall–Kier alpha value is -1.56. The Morgan fingerprint density at radius 2 is 1.40 bits per heavy atom. The molecule has 6 heteroatoms. The van der Waals surface area contributed by atoms with Crippen molar-refractivity contribution in [2.45, 2.75) is 13.3 Å². The van der Waals surface area contributed by atoms with Crippen LogP contribution < -0.4 is 0 Å². The van der Waals surface area contributed by atoms with Gasteiger partial charge in [0.25, 0.3) is 0 Å². The first-order valence-corrected chi connectivity index (χ1v) is 5.11. The Balaban J connectivity index is -0.000000162. The summed E-state index contributed by atoms with van der Waals surface area (Å²) >= 11 is 0. The number of hydrogen-bond donors (Lipinski definition) is 0. The summed E-state index contributed by atoms with van der Waals surface area (Å²) in [5, 5.41) is 0. The van der Waals surface area contributed by atoms with Crippen LogP contribution in [0.3, 0.4) is 0 Å². The molecule has 0 spiro atoms. The van der Waals surface area contributed by atoms with E-state index in [1.807, 2.05) is 43.4 Å². The van der Waals surface area contributed by atoms with E-state index in [-0.39, 0.29) is 29.2 Å². The normalized spacial score (nSPS) is 10.6. The molecule has 0 saturated heterocycles. The predicted octanol–water partition coefficient (Wildman–Crippen LogP) is 2.12. The van der Waals surface area contributed by atoms with E-state index in [2.05, 4.69) is 20.0 Å². The first kappa shape index (κ1) is 26.9. The Morgan fingerprint density at radius 3 is 1.75 bits per heavy atom. The molecule has 0 aliphatic heterocycles.